The molecule has 0 unspecified atom stereocenters. The third-order valence-electron chi connectivity index (χ3n) is 0.677. The van der Waals surface area contributed by atoms with Gasteiger partial charge in [0.15, 0.2) is 0 Å². The summed E-state index contributed by atoms with van der Waals surface area (Å²) >= 11 is 4.86. The Morgan fingerprint density at radius 3 is 2.60 bits per heavy atom. The van der Waals surface area contributed by atoms with Crippen LogP contribution in [-0.2, 0) is 9.53 Å². The van der Waals surface area contributed by atoms with Crippen LogP contribution in [0.2, 0.25) is 0 Å². The van der Waals surface area contributed by atoms with Crippen LogP contribution in [0.5, 0.6) is 0 Å². The van der Waals surface area contributed by atoms with Gasteiger partial charge < -0.3 is 10.1 Å². The number of halogens is 1. The Morgan fingerprint density at radius 1 is 1.60 bits per heavy atom. The van der Waals surface area contributed by atoms with Crippen LogP contribution >= 0.6 is 11.6 Å². The number of amides is 1. The quantitative estimate of drug-likeness (QED) is 0.376. The first-order valence-electron chi connectivity index (χ1n) is 2.75. The number of hydrogen-bond acceptors (Lipinski definition) is 3. The number of carbonyl (C=O) groups is 2. The van der Waals surface area contributed by atoms with Crippen molar-refractivity contribution in [3.8, 4) is 0 Å². The smallest absolute Gasteiger partial charge is 0.325 e. The standard InChI is InChI=1S/C5H8ClNO3/c1-2-10-4(8)3-7-5(6)9/h2-3H2,1H3,(H,7,9). The van der Waals surface area contributed by atoms with Crippen molar-refractivity contribution < 1.29 is 14.3 Å². The molecule has 0 radical (unpaired) electrons. The highest BCUT2D eigenvalue weighted by Crippen LogP contribution is 1.78. The molecule has 0 saturated carbocycles. The molecule has 10 heavy (non-hydrogen) atoms. The molecule has 0 saturated heterocycles. The van der Waals surface area contributed by atoms with E-state index >= 15 is 0 Å². The van der Waals surface area contributed by atoms with Gasteiger partial charge in [-0.05, 0) is 18.5 Å². The molecule has 0 rings (SSSR count). The maximum Gasteiger partial charge on any atom is 0.325 e. The van der Waals surface area contributed by atoms with E-state index in [1.807, 2.05) is 0 Å². The number of carbonyl (C=O) groups excluding carboxylic acids is 2. The van der Waals surface area contributed by atoms with Gasteiger partial charge in [-0.15, -0.1) is 0 Å². The molecular formula is C5H8ClNO3. The summed E-state index contributed by atoms with van der Waals surface area (Å²) in [6.45, 7) is 1.81. The van der Waals surface area contributed by atoms with Crippen molar-refractivity contribution in [2.24, 2.45) is 0 Å². The maximum absolute atomic E-state index is 10.5. The zero-order valence-corrected chi connectivity index (χ0v) is 6.27. The second-order valence-corrected chi connectivity index (χ2v) is 1.78. The lowest BCUT2D eigenvalue weighted by molar-refractivity contribution is -0.141. The van der Waals surface area contributed by atoms with Crippen molar-refractivity contribution >= 4 is 22.9 Å². The van der Waals surface area contributed by atoms with E-state index in [1.54, 1.807) is 6.92 Å². The number of hydrogen-bond donors (Lipinski definition) is 1. The number of esters is 1. The molecule has 0 spiro atoms. The fourth-order valence-corrected chi connectivity index (χ4v) is 0.420. The second kappa shape index (κ2) is 5.05. The van der Waals surface area contributed by atoms with Crippen LogP contribution in [-0.4, -0.2) is 24.5 Å². The van der Waals surface area contributed by atoms with Crippen LogP contribution in [0.25, 0.3) is 0 Å². The van der Waals surface area contributed by atoms with E-state index in [9.17, 15) is 9.59 Å². The molecule has 58 valence electrons. The summed E-state index contributed by atoms with van der Waals surface area (Å²) in [6, 6.07) is 0. The van der Waals surface area contributed by atoms with Gasteiger partial charge in [0.1, 0.15) is 6.54 Å². The van der Waals surface area contributed by atoms with Crippen molar-refractivity contribution in [2.45, 2.75) is 6.92 Å². The minimum absolute atomic E-state index is 0.170. The lowest BCUT2D eigenvalue weighted by Gasteiger charge is -1.99. The molecule has 0 atom stereocenters. The molecule has 5 heteroatoms. The fourth-order valence-electron chi connectivity index (χ4n) is 0.354. The Bertz CT molecular complexity index is 137. The van der Waals surface area contributed by atoms with Gasteiger partial charge in [-0.25, -0.2) is 0 Å². The number of rotatable bonds is 3. The number of nitrogens with one attached hydrogen (secondary N) is 1. The van der Waals surface area contributed by atoms with Gasteiger partial charge in [0.05, 0.1) is 6.61 Å². The highest BCUT2D eigenvalue weighted by Gasteiger charge is 2.01. The van der Waals surface area contributed by atoms with Gasteiger partial charge in [0.25, 0.3) is 0 Å². The van der Waals surface area contributed by atoms with E-state index in [0.29, 0.717) is 6.61 Å². The molecule has 1 N–H and O–H groups in total. The van der Waals surface area contributed by atoms with Crippen molar-refractivity contribution in [3.63, 3.8) is 0 Å². The Labute approximate surface area is 63.5 Å². The predicted molar refractivity (Wildman–Crippen MR) is 35.9 cm³/mol. The van der Waals surface area contributed by atoms with Crippen LogP contribution in [0.15, 0.2) is 0 Å². The topological polar surface area (TPSA) is 55.4 Å². The zero-order valence-electron chi connectivity index (χ0n) is 5.52. The summed E-state index contributed by atoms with van der Waals surface area (Å²) in [5.74, 6) is -0.489. The molecular weight excluding hydrogens is 158 g/mol. The predicted octanol–water partition coefficient (Wildman–Crippen LogP) is 0.498. The Balaban J connectivity index is 3.30. The van der Waals surface area contributed by atoms with Gasteiger partial charge in [-0.3, -0.25) is 9.59 Å². The molecule has 0 aromatic heterocycles. The molecule has 0 aliphatic rings. The number of ether oxygens (including phenoxy) is 1. The van der Waals surface area contributed by atoms with Crippen LogP contribution in [0.4, 0.5) is 4.79 Å². The molecule has 0 aromatic carbocycles. The zero-order chi connectivity index (χ0) is 7.98. The van der Waals surface area contributed by atoms with Crippen LogP contribution in [0.1, 0.15) is 6.92 Å². The summed E-state index contributed by atoms with van der Waals surface area (Å²) in [5.41, 5.74) is 0. The molecule has 0 aliphatic heterocycles. The highest BCUT2D eigenvalue weighted by atomic mass is 35.5. The molecule has 4 nitrogen and oxygen atoms in total. The molecule has 1 amide bonds. The van der Waals surface area contributed by atoms with Gasteiger partial charge in [0, 0.05) is 0 Å². The van der Waals surface area contributed by atoms with Crippen molar-refractivity contribution in [2.75, 3.05) is 13.2 Å². The molecule has 0 aliphatic carbocycles. The third kappa shape index (κ3) is 5.37. The van der Waals surface area contributed by atoms with Crippen molar-refractivity contribution in [1.82, 2.24) is 5.32 Å². The first kappa shape index (κ1) is 9.23. The van der Waals surface area contributed by atoms with Gasteiger partial charge in [0.2, 0.25) is 0 Å². The van der Waals surface area contributed by atoms with Crippen molar-refractivity contribution in [3.05, 3.63) is 0 Å². The highest BCUT2D eigenvalue weighted by molar-refractivity contribution is 6.63. The largest absolute Gasteiger partial charge is 0.465 e. The van der Waals surface area contributed by atoms with E-state index in [0.717, 1.165) is 0 Å². The Hall–Kier alpha value is -0.770. The van der Waals surface area contributed by atoms with Gasteiger partial charge in [-0.2, -0.15) is 0 Å². The fraction of sp³-hybridized carbons (Fsp3) is 0.600. The summed E-state index contributed by atoms with van der Waals surface area (Å²) in [6.07, 6.45) is 0. The summed E-state index contributed by atoms with van der Waals surface area (Å²) in [4.78, 5) is 20.5. The lowest BCUT2D eigenvalue weighted by atomic mass is 10.6. The average molecular weight is 166 g/mol. The minimum atomic E-state index is -0.756. The molecule has 0 aromatic rings. The first-order valence-corrected chi connectivity index (χ1v) is 3.13. The molecule has 0 heterocycles. The van der Waals surface area contributed by atoms with E-state index in [1.165, 1.54) is 0 Å². The molecule has 0 bridgehead atoms. The third-order valence-corrected chi connectivity index (χ3v) is 0.811. The Kier molecular flexibility index (Phi) is 4.66. The first-order chi connectivity index (χ1) is 4.66. The van der Waals surface area contributed by atoms with Crippen LogP contribution < -0.4 is 5.32 Å². The van der Waals surface area contributed by atoms with Crippen LogP contribution in [0, 0.1) is 0 Å². The normalized spacial score (nSPS) is 8.60. The van der Waals surface area contributed by atoms with E-state index in [2.05, 4.69) is 10.1 Å². The lowest BCUT2D eigenvalue weighted by Crippen LogP contribution is -2.26. The average Bonchev–Trinajstić information content (AvgIpc) is 1.85. The van der Waals surface area contributed by atoms with Crippen molar-refractivity contribution in [1.29, 1.82) is 0 Å². The van der Waals surface area contributed by atoms with E-state index < -0.39 is 11.3 Å². The maximum atomic E-state index is 10.5. The Morgan fingerprint density at radius 2 is 2.20 bits per heavy atom. The monoisotopic (exact) mass is 165 g/mol. The molecule has 0 fully saturated rings. The van der Waals surface area contributed by atoms with E-state index in [-0.39, 0.29) is 6.54 Å². The van der Waals surface area contributed by atoms with E-state index in [4.69, 9.17) is 11.6 Å². The minimum Gasteiger partial charge on any atom is -0.465 e. The van der Waals surface area contributed by atoms with Gasteiger partial charge in [-0.1, -0.05) is 0 Å². The van der Waals surface area contributed by atoms with Gasteiger partial charge >= 0.3 is 11.3 Å². The summed E-state index contributed by atoms with van der Waals surface area (Å²) < 4.78 is 4.48. The SMILES string of the molecule is CCOC(=O)CNC(=O)Cl. The van der Waals surface area contributed by atoms with Crippen LogP contribution in [0.3, 0.4) is 0 Å². The second-order valence-electron chi connectivity index (χ2n) is 1.43. The summed E-state index contributed by atoms with van der Waals surface area (Å²) in [5, 5.41) is 1.33. The summed E-state index contributed by atoms with van der Waals surface area (Å²) in [7, 11) is 0.